The molecule has 0 saturated heterocycles. The average molecular weight is 799 g/mol. The van der Waals surface area contributed by atoms with Gasteiger partial charge in [-0.05, 0) is 12.8 Å². The van der Waals surface area contributed by atoms with Gasteiger partial charge >= 0.3 is 5.97 Å². The zero-order valence-corrected chi connectivity index (χ0v) is 35.1. The minimum absolute atomic E-state index is 0.137. The van der Waals surface area contributed by atoms with E-state index in [1.54, 1.807) is 0 Å². The molecule has 0 aromatic heterocycles. The lowest BCUT2D eigenvalue weighted by Crippen LogP contribution is -2.15. The first-order chi connectivity index (χ1) is 27.3. The van der Waals surface area contributed by atoms with Crippen LogP contribution in [0.5, 0.6) is 0 Å². The number of hydrogen-bond acceptors (Lipinski definition) is 14. The van der Waals surface area contributed by atoms with Crippen molar-refractivity contribution >= 4 is 5.97 Å². The van der Waals surface area contributed by atoms with Crippen LogP contribution in [0.2, 0.25) is 0 Å². The van der Waals surface area contributed by atoms with Crippen molar-refractivity contribution in [2.45, 2.75) is 97.3 Å². The molecule has 0 bridgehead atoms. The molecule has 0 heterocycles. The Bertz CT molecular complexity index is 706. The third-order valence-corrected chi connectivity index (χ3v) is 7.96. The van der Waals surface area contributed by atoms with Crippen molar-refractivity contribution in [1.29, 1.82) is 0 Å². The summed E-state index contributed by atoms with van der Waals surface area (Å²) in [5.74, 6) is -0.137. The maximum Gasteiger partial charge on any atom is 0.305 e. The van der Waals surface area contributed by atoms with Gasteiger partial charge in [-0.1, -0.05) is 78.1 Å². The van der Waals surface area contributed by atoms with Crippen molar-refractivity contribution in [3.63, 3.8) is 0 Å². The van der Waals surface area contributed by atoms with Crippen LogP contribution in [0.15, 0.2) is 0 Å². The number of hydrogen-bond donors (Lipinski definition) is 0. The normalized spacial score (nSPS) is 11.5. The maximum absolute atomic E-state index is 11.8. The van der Waals surface area contributed by atoms with Gasteiger partial charge in [0.2, 0.25) is 0 Å². The summed E-state index contributed by atoms with van der Waals surface area (Å²) in [5.41, 5.74) is 0. The van der Waals surface area contributed by atoms with Crippen molar-refractivity contribution in [2.24, 2.45) is 0 Å². The van der Waals surface area contributed by atoms with Crippen LogP contribution in [-0.4, -0.2) is 171 Å². The second-order valence-electron chi connectivity index (χ2n) is 12.9. The van der Waals surface area contributed by atoms with E-state index in [4.69, 9.17) is 61.6 Å². The molecule has 0 aromatic rings. The summed E-state index contributed by atoms with van der Waals surface area (Å²) < 4.78 is 71.1. The number of unbranched alkanes of at least 4 members (excludes halogenated alkanes) is 10. The monoisotopic (exact) mass is 799 g/mol. The Hall–Kier alpha value is -1.01. The summed E-state index contributed by atoms with van der Waals surface area (Å²) in [6.07, 6.45) is 15.1. The van der Waals surface area contributed by atoms with Gasteiger partial charge in [0.25, 0.3) is 0 Å². The van der Waals surface area contributed by atoms with Gasteiger partial charge in [0, 0.05) is 13.0 Å². The molecular weight excluding hydrogens is 716 g/mol. The predicted molar refractivity (Wildman–Crippen MR) is 212 cm³/mol. The van der Waals surface area contributed by atoms with E-state index in [9.17, 15) is 4.79 Å². The van der Waals surface area contributed by atoms with Gasteiger partial charge in [0.15, 0.2) is 0 Å². The molecule has 0 aliphatic heterocycles. The molecule has 0 spiro atoms. The van der Waals surface area contributed by atoms with Crippen LogP contribution in [0.1, 0.15) is 97.3 Å². The number of esters is 1. The second kappa shape index (κ2) is 51.0. The van der Waals surface area contributed by atoms with E-state index >= 15 is 0 Å². The molecule has 0 N–H and O–H groups in total. The van der Waals surface area contributed by atoms with E-state index < -0.39 is 0 Å². The van der Waals surface area contributed by atoms with Gasteiger partial charge in [-0.2, -0.15) is 0 Å². The fourth-order valence-corrected chi connectivity index (χ4v) is 4.84. The van der Waals surface area contributed by atoms with Gasteiger partial charge in [-0.15, -0.1) is 0 Å². The van der Waals surface area contributed by atoms with Crippen LogP contribution < -0.4 is 0 Å². The summed E-state index contributed by atoms with van der Waals surface area (Å²) in [4.78, 5) is 11.8. The molecule has 14 heteroatoms. The highest BCUT2D eigenvalue weighted by Gasteiger charge is 2.03. The van der Waals surface area contributed by atoms with E-state index in [1.165, 1.54) is 57.8 Å². The van der Waals surface area contributed by atoms with Crippen LogP contribution in [0.3, 0.4) is 0 Å². The Morgan fingerprint density at radius 1 is 0.255 bits per heavy atom. The third kappa shape index (κ3) is 51.0. The molecule has 0 radical (unpaired) electrons. The predicted octanol–water partition coefficient (Wildman–Crippen LogP) is 5.84. The Kier molecular flexibility index (Phi) is 50.1. The molecule has 0 saturated carbocycles. The minimum Gasteiger partial charge on any atom is -0.463 e. The van der Waals surface area contributed by atoms with Gasteiger partial charge in [-0.25, -0.2) is 0 Å². The molecule has 0 amide bonds. The van der Waals surface area contributed by atoms with E-state index in [1.807, 2.05) is 0 Å². The summed E-state index contributed by atoms with van der Waals surface area (Å²) >= 11 is 0. The van der Waals surface area contributed by atoms with E-state index in [0.29, 0.717) is 158 Å². The molecule has 0 aromatic carbocycles. The zero-order valence-electron chi connectivity index (χ0n) is 35.1. The largest absolute Gasteiger partial charge is 0.463 e. The summed E-state index contributed by atoms with van der Waals surface area (Å²) in [5, 5.41) is 0. The molecule has 14 nitrogen and oxygen atoms in total. The van der Waals surface area contributed by atoms with Gasteiger partial charge in [-0.3, -0.25) is 4.79 Å². The Balaban J connectivity index is 3.10. The topological polar surface area (TPSA) is 137 Å². The zero-order chi connectivity index (χ0) is 39.6. The molecule has 0 aliphatic rings. The first-order valence-corrected chi connectivity index (χ1v) is 21.4. The number of rotatable bonds is 50. The van der Waals surface area contributed by atoms with Crippen LogP contribution in [0, 0.1) is 0 Å². The highest BCUT2D eigenvalue weighted by atomic mass is 16.6. The van der Waals surface area contributed by atoms with Crippen LogP contribution in [0.4, 0.5) is 0 Å². The minimum atomic E-state index is -0.137. The Morgan fingerprint density at radius 2 is 0.473 bits per heavy atom. The highest BCUT2D eigenvalue weighted by molar-refractivity contribution is 5.69. The van der Waals surface area contributed by atoms with Gasteiger partial charge < -0.3 is 61.6 Å². The lowest BCUT2D eigenvalue weighted by Gasteiger charge is -2.09. The molecule has 330 valence electrons. The van der Waals surface area contributed by atoms with E-state index in [0.717, 1.165) is 25.9 Å². The first-order valence-electron chi connectivity index (χ1n) is 21.4. The van der Waals surface area contributed by atoms with Crippen molar-refractivity contribution in [3.8, 4) is 0 Å². The van der Waals surface area contributed by atoms with Crippen LogP contribution in [-0.2, 0) is 66.4 Å². The fourth-order valence-electron chi connectivity index (χ4n) is 4.84. The Labute approximate surface area is 334 Å². The first kappa shape index (κ1) is 54.0. The maximum atomic E-state index is 11.8. The number of carbonyl (C=O) groups excluding carboxylic acids is 1. The number of ether oxygens (including phenoxy) is 13. The lowest BCUT2D eigenvalue weighted by atomic mass is 10.1. The summed E-state index contributed by atoms with van der Waals surface area (Å²) in [6.45, 7) is 17.3. The van der Waals surface area contributed by atoms with Gasteiger partial charge in [0.1, 0.15) is 6.61 Å². The molecule has 0 unspecified atom stereocenters. The quantitative estimate of drug-likeness (QED) is 0.0539. The third-order valence-electron chi connectivity index (χ3n) is 7.96. The standard InChI is InChI=1S/C41H82O14/c1-3-5-7-8-9-10-11-12-13-15-41(42)55-40-39-54-38-37-53-36-35-52-34-33-51-32-31-50-30-29-49-28-27-48-26-25-47-24-23-46-22-21-45-20-19-44-18-17-43-16-14-6-4-2/h3-40H2,1-2H3. The van der Waals surface area contributed by atoms with Crippen LogP contribution >= 0.6 is 0 Å². The molecule has 0 aliphatic carbocycles. The van der Waals surface area contributed by atoms with E-state index in [2.05, 4.69) is 13.8 Å². The van der Waals surface area contributed by atoms with Crippen molar-refractivity contribution < 1.29 is 66.4 Å². The average Bonchev–Trinajstić information content (AvgIpc) is 3.19. The Morgan fingerprint density at radius 3 is 0.764 bits per heavy atom. The SMILES string of the molecule is CCCCCCCCCCCC(=O)OCCOCCOCCOCCOCCOCCOCCOCCOCCOCCOCCOCCOCCCCC. The van der Waals surface area contributed by atoms with Crippen molar-refractivity contribution in [1.82, 2.24) is 0 Å². The second-order valence-corrected chi connectivity index (χ2v) is 12.9. The smallest absolute Gasteiger partial charge is 0.305 e. The molecule has 0 rings (SSSR count). The summed E-state index contributed by atoms with van der Waals surface area (Å²) in [7, 11) is 0. The van der Waals surface area contributed by atoms with E-state index in [-0.39, 0.29) is 12.6 Å². The fraction of sp³-hybridized carbons (Fsp3) is 0.976. The molecular formula is C41H82O14. The van der Waals surface area contributed by atoms with Crippen molar-refractivity contribution in [2.75, 3.05) is 165 Å². The highest BCUT2D eigenvalue weighted by Crippen LogP contribution is 2.10. The molecule has 0 fully saturated rings. The van der Waals surface area contributed by atoms with Crippen LogP contribution in [0.25, 0.3) is 0 Å². The molecule has 55 heavy (non-hydrogen) atoms. The van der Waals surface area contributed by atoms with Crippen molar-refractivity contribution in [3.05, 3.63) is 0 Å². The number of carbonyl (C=O) groups is 1. The lowest BCUT2D eigenvalue weighted by molar-refractivity contribution is -0.145. The van der Waals surface area contributed by atoms with Gasteiger partial charge in [0.05, 0.1) is 152 Å². The summed E-state index contributed by atoms with van der Waals surface area (Å²) in [6, 6.07) is 0. The molecule has 0 atom stereocenters.